The molecule has 3 aromatic carbocycles. The third-order valence-corrected chi connectivity index (χ3v) is 11.8. The van der Waals surface area contributed by atoms with E-state index in [0.717, 1.165) is 59.5 Å². The lowest BCUT2D eigenvalue weighted by Crippen LogP contribution is -2.39. The molecule has 2 fully saturated rings. The number of rotatable bonds is 11. The first-order valence-corrected chi connectivity index (χ1v) is 20.4. The summed E-state index contributed by atoms with van der Waals surface area (Å²) in [6, 6.07) is 26.4. The van der Waals surface area contributed by atoms with Crippen LogP contribution >= 0.6 is 0 Å². The van der Waals surface area contributed by atoms with Gasteiger partial charge in [0.25, 0.3) is 23.6 Å². The van der Waals surface area contributed by atoms with Crippen molar-refractivity contribution in [2.75, 3.05) is 26.2 Å². The van der Waals surface area contributed by atoms with Gasteiger partial charge in [0.1, 0.15) is 0 Å². The molecule has 10 rings (SSSR count). The van der Waals surface area contributed by atoms with Crippen LogP contribution in [-0.2, 0) is 25.9 Å². The van der Waals surface area contributed by atoms with Gasteiger partial charge in [0.2, 0.25) is 0 Å². The second-order valence-electron chi connectivity index (χ2n) is 15.8. The average Bonchev–Trinajstić information content (AvgIpc) is 4.22. The van der Waals surface area contributed by atoms with Crippen molar-refractivity contribution in [3.8, 4) is 22.5 Å². The van der Waals surface area contributed by atoms with E-state index in [4.69, 9.17) is 10.8 Å². The lowest BCUT2D eigenvalue weighted by molar-refractivity contribution is 0.0662. The average molecular weight is 811 g/mol. The number of hydrogen-bond acceptors (Lipinski definition) is 7. The summed E-state index contributed by atoms with van der Waals surface area (Å²) in [5.41, 5.74) is 12.8. The van der Waals surface area contributed by atoms with Gasteiger partial charge < -0.3 is 15.5 Å². The smallest absolute Gasteiger partial charge is 0.261 e. The lowest BCUT2D eigenvalue weighted by Gasteiger charge is -2.26. The normalized spacial score (nSPS) is 17.8. The fourth-order valence-corrected chi connectivity index (χ4v) is 8.48. The zero-order chi connectivity index (χ0) is 41.5. The summed E-state index contributed by atoms with van der Waals surface area (Å²) in [7, 11) is 0. The number of halogens is 2. The van der Waals surface area contributed by atoms with Crippen molar-refractivity contribution in [2.24, 2.45) is 5.73 Å². The molecule has 0 radical (unpaired) electrons. The van der Waals surface area contributed by atoms with Gasteiger partial charge in [0.15, 0.2) is 0 Å². The molecule has 5 heterocycles. The highest BCUT2D eigenvalue weighted by atomic mass is 19.1. The van der Waals surface area contributed by atoms with Crippen LogP contribution in [-0.4, -0.2) is 96.2 Å². The van der Waals surface area contributed by atoms with Gasteiger partial charge in [0.05, 0.1) is 77.3 Å². The van der Waals surface area contributed by atoms with Crippen molar-refractivity contribution < 1.29 is 28.0 Å². The number of imide groups is 1. The molecule has 14 heteroatoms. The van der Waals surface area contributed by atoms with E-state index >= 15 is 0 Å². The predicted molar refractivity (Wildman–Crippen MR) is 220 cm³/mol. The van der Waals surface area contributed by atoms with Gasteiger partial charge in [0, 0.05) is 55.7 Å². The minimum atomic E-state index is -0.441. The summed E-state index contributed by atoms with van der Waals surface area (Å²) >= 11 is 0. The minimum Gasteiger partial charge on any atom is -0.335 e. The molecule has 3 aliphatic heterocycles. The first kappa shape index (κ1) is 38.9. The fraction of sp³-hybridized carbons (Fsp3) is 0.304. The molecule has 60 heavy (non-hydrogen) atoms. The largest absolute Gasteiger partial charge is 0.335 e. The summed E-state index contributed by atoms with van der Waals surface area (Å²) in [6.45, 7) is 1.53. The number of nitrogens with two attached hydrogens (primary N) is 1. The predicted octanol–water partition coefficient (Wildman–Crippen LogP) is 6.38. The van der Waals surface area contributed by atoms with Gasteiger partial charge in [-0.3, -0.25) is 33.4 Å². The van der Waals surface area contributed by atoms with Crippen LogP contribution in [0.25, 0.3) is 22.5 Å². The maximum atomic E-state index is 14.1. The maximum Gasteiger partial charge on any atom is 0.261 e. The number of carbonyl (C=O) groups is 4. The number of aromatic nitrogens is 4. The van der Waals surface area contributed by atoms with E-state index in [1.54, 1.807) is 33.6 Å². The summed E-state index contributed by atoms with van der Waals surface area (Å²) in [5.74, 6) is -0.871. The molecule has 5 aromatic rings. The molecular formula is C46H44F2N8O4. The van der Waals surface area contributed by atoms with Crippen molar-refractivity contribution >= 4 is 23.6 Å². The van der Waals surface area contributed by atoms with Crippen LogP contribution in [0.15, 0.2) is 109 Å². The van der Waals surface area contributed by atoms with E-state index in [-0.39, 0.29) is 49.6 Å². The Balaban J connectivity index is 0.000000163. The second-order valence-corrected chi connectivity index (χ2v) is 15.8. The topological polar surface area (TPSA) is 140 Å². The van der Waals surface area contributed by atoms with Crippen molar-refractivity contribution in [3.05, 3.63) is 142 Å². The van der Waals surface area contributed by atoms with Crippen LogP contribution in [0.5, 0.6) is 0 Å². The van der Waals surface area contributed by atoms with Gasteiger partial charge in [-0.2, -0.15) is 10.2 Å². The number of hydrogen-bond donors (Lipinski definition) is 1. The van der Waals surface area contributed by atoms with E-state index in [9.17, 15) is 28.0 Å². The number of amides is 4. The molecule has 5 aliphatic rings. The Kier molecular flexibility index (Phi) is 10.5. The molecule has 2 saturated carbocycles. The third kappa shape index (κ3) is 7.25. The second kappa shape index (κ2) is 16.3. The molecule has 2 aromatic heterocycles. The van der Waals surface area contributed by atoms with Crippen molar-refractivity contribution in [3.63, 3.8) is 0 Å². The third-order valence-electron chi connectivity index (χ3n) is 11.8. The van der Waals surface area contributed by atoms with E-state index in [0.29, 0.717) is 77.4 Å². The summed E-state index contributed by atoms with van der Waals surface area (Å²) in [4.78, 5) is 57.1. The first-order chi connectivity index (χ1) is 29.3. The molecule has 2 N–H and O–H groups in total. The maximum absolute atomic E-state index is 14.1. The Labute approximate surface area is 345 Å². The van der Waals surface area contributed by atoms with E-state index in [1.807, 2.05) is 70.5 Å². The summed E-state index contributed by atoms with van der Waals surface area (Å²) in [6.07, 6.45) is 6.54. The van der Waals surface area contributed by atoms with Crippen LogP contribution in [0.1, 0.15) is 78.5 Å². The van der Waals surface area contributed by atoms with E-state index in [2.05, 4.69) is 5.10 Å². The minimum absolute atomic E-state index is 0.0117. The van der Waals surface area contributed by atoms with Crippen LogP contribution in [0, 0.1) is 0 Å². The standard InChI is InChI=1S/C27H23FN4O3.C19H21FN4O/c28-14-17(15-31-25(33)20-8-4-5-9-21(20)26(31)34)16-32-24(18-6-2-1-3-7-18)23-22(29-32)12-13-30(27(23)35)19-10-11-19;20-10-13(11-21)12-24-18(14-4-2-1-3-5-14)17-16(22-24)8-9-23(19(17)25)15-6-7-15/h1-9,14,19H,10-13,15-16H2;1-5,10,15H,6-9,11-12,21H2/b17-14+;13-10+. The Morgan fingerprint density at radius 3 is 1.40 bits per heavy atom. The quantitative estimate of drug-likeness (QED) is 0.153. The Bertz CT molecular complexity index is 2520. The Morgan fingerprint density at radius 1 is 0.583 bits per heavy atom. The summed E-state index contributed by atoms with van der Waals surface area (Å²) in [5, 5.41) is 9.34. The van der Waals surface area contributed by atoms with Crippen LogP contribution < -0.4 is 5.73 Å². The van der Waals surface area contributed by atoms with E-state index in [1.165, 1.54) is 0 Å². The molecule has 0 bridgehead atoms. The molecule has 0 saturated heterocycles. The SMILES string of the molecule is NC/C(=C\F)Cn1nc2c(c1-c1ccccc1)C(=O)N(C1CC1)CC2.O=C1c2ccccc2C(=O)N1C/C(=C\F)Cn1nc2c(c1-c1ccccc1)C(=O)N(C1CC1)CC2. The zero-order valence-corrected chi connectivity index (χ0v) is 33.0. The molecule has 2 aliphatic carbocycles. The number of fused-ring (bicyclic) bond motifs is 3. The van der Waals surface area contributed by atoms with Gasteiger partial charge in [-0.25, -0.2) is 8.78 Å². The molecule has 4 amide bonds. The number of nitrogens with zero attached hydrogens (tertiary/aromatic N) is 7. The van der Waals surface area contributed by atoms with Gasteiger partial charge in [-0.15, -0.1) is 0 Å². The highest BCUT2D eigenvalue weighted by Gasteiger charge is 2.41. The van der Waals surface area contributed by atoms with Gasteiger partial charge >= 0.3 is 0 Å². The molecule has 0 spiro atoms. The Hall–Kier alpha value is -6.54. The highest BCUT2D eigenvalue weighted by molar-refractivity contribution is 6.21. The molecular weight excluding hydrogens is 767 g/mol. The Morgan fingerprint density at radius 2 is 1.00 bits per heavy atom. The van der Waals surface area contributed by atoms with Crippen LogP contribution in [0.4, 0.5) is 8.78 Å². The monoisotopic (exact) mass is 810 g/mol. The molecule has 0 atom stereocenters. The zero-order valence-electron chi connectivity index (χ0n) is 33.0. The fourth-order valence-electron chi connectivity index (χ4n) is 8.48. The summed E-state index contributed by atoms with van der Waals surface area (Å²) < 4.78 is 30.5. The molecule has 0 unspecified atom stereocenters. The van der Waals surface area contributed by atoms with Gasteiger partial charge in [-0.05, 0) is 49.0 Å². The molecule has 306 valence electrons. The van der Waals surface area contributed by atoms with Crippen molar-refractivity contribution in [1.29, 1.82) is 0 Å². The first-order valence-electron chi connectivity index (χ1n) is 20.4. The van der Waals surface area contributed by atoms with Crippen LogP contribution in [0.3, 0.4) is 0 Å². The van der Waals surface area contributed by atoms with Crippen molar-refractivity contribution in [2.45, 2.75) is 63.7 Å². The van der Waals surface area contributed by atoms with Crippen molar-refractivity contribution in [1.82, 2.24) is 34.3 Å². The van der Waals surface area contributed by atoms with Gasteiger partial charge in [-0.1, -0.05) is 72.8 Å². The van der Waals surface area contributed by atoms with Crippen LogP contribution in [0.2, 0.25) is 0 Å². The number of benzene rings is 3. The highest BCUT2D eigenvalue weighted by Crippen LogP contribution is 2.38. The molecule has 12 nitrogen and oxygen atoms in total. The number of carbonyl (C=O) groups excluding carboxylic acids is 4. The van der Waals surface area contributed by atoms with E-state index < -0.39 is 11.8 Å². The lowest BCUT2D eigenvalue weighted by atomic mass is 9.99.